The quantitative estimate of drug-likeness (QED) is 0.301. The molecule has 1 aliphatic heterocycles. The first-order valence-electron chi connectivity index (χ1n) is 8.49. The van der Waals surface area contributed by atoms with Crippen LogP contribution in [0.3, 0.4) is 0 Å². The van der Waals surface area contributed by atoms with Crippen LogP contribution >= 0.6 is 0 Å². The molecule has 1 aromatic carbocycles. The Hall–Kier alpha value is -3.15. The number of nitrogens with one attached hydrogen (secondary N) is 1. The van der Waals surface area contributed by atoms with E-state index in [1.165, 1.54) is 24.3 Å². The minimum Gasteiger partial charge on any atom is -0.491 e. The highest BCUT2D eigenvalue weighted by Crippen LogP contribution is 2.23. The molecule has 1 heterocycles. The fraction of sp³-hybridized carbons (Fsp3) is 0.389. The molecule has 0 unspecified atom stereocenters. The molecule has 1 aromatic rings. The average molecular weight is 411 g/mol. The third-order valence-electron chi connectivity index (χ3n) is 4.14. The molecule has 0 fully saturated rings. The molecule has 0 bridgehead atoms. The number of carboxylic acids is 2. The Balaban J connectivity index is 2.08. The van der Waals surface area contributed by atoms with Gasteiger partial charge in [0.2, 0.25) is 11.7 Å². The zero-order valence-electron chi connectivity index (χ0n) is 15.3. The zero-order valence-corrected chi connectivity index (χ0v) is 15.3. The molecule has 0 saturated heterocycles. The van der Waals surface area contributed by atoms with E-state index < -0.39 is 60.7 Å². The molecule has 158 valence electrons. The fourth-order valence-electron chi connectivity index (χ4n) is 2.71. The average Bonchev–Trinajstić information content (AvgIpc) is 2.66. The summed E-state index contributed by atoms with van der Waals surface area (Å²) < 4.78 is 10.5. The number of aliphatic hydroxyl groups excluding tert-OH is 3. The number of hydrogen-bond donors (Lipinski definition) is 6. The molecule has 5 atom stereocenters. The smallest absolute Gasteiger partial charge is 0.370 e. The predicted octanol–water partition coefficient (Wildman–Crippen LogP) is -1.28. The number of hydrogen-bond acceptors (Lipinski definition) is 8. The van der Waals surface area contributed by atoms with Crippen LogP contribution in [0.2, 0.25) is 0 Å². The third-order valence-corrected chi connectivity index (χ3v) is 4.14. The van der Waals surface area contributed by atoms with Gasteiger partial charge in [-0.1, -0.05) is 0 Å². The minimum atomic E-state index is -1.73. The van der Waals surface area contributed by atoms with E-state index in [1.807, 2.05) is 0 Å². The Morgan fingerprint density at radius 3 is 2.28 bits per heavy atom. The molecule has 1 aliphatic rings. The molecular formula is C18H21NO10. The summed E-state index contributed by atoms with van der Waals surface area (Å²) in [6.45, 7) is 0.704. The number of aliphatic carboxylic acids is 1. The van der Waals surface area contributed by atoms with Gasteiger partial charge in [-0.25, -0.2) is 9.59 Å². The predicted molar refractivity (Wildman–Crippen MR) is 95.1 cm³/mol. The fourth-order valence-corrected chi connectivity index (χ4v) is 2.71. The van der Waals surface area contributed by atoms with E-state index in [4.69, 9.17) is 19.7 Å². The summed E-state index contributed by atoms with van der Waals surface area (Å²) in [7, 11) is 0. The maximum Gasteiger partial charge on any atom is 0.370 e. The van der Waals surface area contributed by atoms with Crippen LogP contribution in [0.5, 0.6) is 5.75 Å². The van der Waals surface area contributed by atoms with Gasteiger partial charge < -0.3 is 40.3 Å². The second-order valence-electron chi connectivity index (χ2n) is 6.33. The number of ether oxygens (including phenoxy) is 2. The zero-order chi connectivity index (χ0) is 21.7. The molecule has 2 rings (SSSR count). The molecule has 11 nitrogen and oxygen atoms in total. The van der Waals surface area contributed by atoms with E-state index in [2.05, 4.69) is 5.32 Å². The van der Waals surface area contributed by atoms with E-state index in [9.17, 15) is 29.7 Å². The van der Waals surface area contributed by atoms with E-state index in [1.54, 1.807) is 0 Å². The van der Waals surface area contributed by atoms with Crippen molar-refractivity contribution < 1.29 is 49.4 Å². The highest BCUT2D eigenvalue weighted by Gasteiger charge is 2.43. The maximum absolute atomic E-state index is 11.4. The van der Waals surface area contributed by atoms with Crippen LogP contribution in [0.15, 0.2) is 36.1 Å². The lowest BCUT2D eigenvalue weighted by atomic mass is 9.94. The topological polar surface area (TPSA) is 183 Å². The molecular weight excluding hydrogens is 390 g/mol. The van der Waals surface area contributed by atoms with Crippen molar-refractivity contribution in [2.75, 3.05) is 6.61 Å². The highest BCUT2D eigenvalue weighted by atomic mass is 16.5. The van der Waals surface area contributed by atoms with Crippen molar-refractivity contribution in [1.29, 1.82) is 0 Å². The molecule has 0 saturated carbocycles. The first-order valence-corrected chi connectivity index (χ1v) is 8.49. The molecule has 1 amide bonds. The molecule has 6 N–H and O–H groups in total. The van der Waals surface area contributed by atoms with Crippen LogP contribution in [-0.2, 0) is 14.3 Å². The SMILES string of the molecule is CC(=O)N[C@H]1[C@H]([C@H](O)[C@H](O)COc2ccc(C(=O)O)cc2)OC(C(=O)O)=C[C@@H]1O. The van der Waals surface area contributed by atoms with E-state index in [0.29, 0.717) is 0 Å². The maximum atomic E-state index is 11.4. The van der Waals surface area contributed by atoms with Gasteiger partial charge in [0, 0.05) is 6.92 Å². The van der Waals surface area contributed by atoms with Gasteiger partial charge in [0.05, 0.1) is 11.6 Å². The van der Waals surface area contributed by atoms with Crippen LogP contribution < -0.4 is 10.1 Å². The summed E-state index contributed by atoms with van der Waals surface area (Å²) in [5.74, 6) is -3.60. The van der Waals surface area contributed by atoms with Crippen LogP contribution in [0.25, 0.3) is 0 Å². The summed E-state index contributed by atoms with van der Waals surface area (Å²) in [5, 5.41) is 51.0. The van der Waals surface area contributed by atoms with Crippen LogP contribution in [0.4, 0.5) is 0 Å². The van der Waals surface area contributed by atoms with Gasteiger partial charge in [0.15, 0.2) is 6.10 Å². The Morgan fingerprint density at radius 1 is 1.14 bits per heavy atom. The van der Waals surface area contributed by atoms with Gasteiger partial charge in [-0.15, -0.1) is 0 Å². The highest BCUT2D eigenvalue weighted by molar-refractivity contribution is 5.87. The van der Waals surface area contributed by atoms with E-state index >= 15 is 0 Å². The Bertz CT molecular complexity index is 790. The van der Waals surface area contributed by atoms with Crippen molar-refractivity contribution in [2.24, 2.45) is 0 Å². The molecule has 0 aliphatic carbocycles. The van der Waals surface area contributed by atoms with Crippen molar-refractivity contribution in [3.8, 4) is 5.75 Å². The van der Waals surface area contributed by atoms with Gasteiger partial charge in [-0.05, 0) is 30.3 Å². The largest absolute Gasteiger partial charge is 0.491 e. The molecule has 0 radical (unpaired) electrons. The first-order chi connectivity index (χ1) is 13.6. The first kappa shape index (κ1) is 22.1. The Kier molecular flexibility index (Phi) is 7.15. The van der Waals surface area contributed by atoms with E-state index in [0.717, 1.165) is 13.0 Å². The van der Waals surface area contributed by atoms with Crippen LogP contribution in [-0.4, -0.2) is 80.4 Å². The van der Waals surface area contributed by atoms with Crippen LogP contribution in [0.1, 0.15) is 17.3 Å². The third kappa shape index (κ3) is 5.67. The lowest BCUT2D eigenvalue weighted by Gasteiger charge is -2.38. The molecule has 0 aromatic heterocycles. The summed E-state index contributed by atoms with van der Waals surface area (Å²) in [6.07, 6.45) is -5.40. The summed E-state index contributed by atoms with van der Waals surface area (Å²) in [4.78, 5) is 33.3. The summed E-state index contributed by atoms with van der Waals surface area (Å²) >= 11 is 0. The van der Waals surface area contributed by atoms with Gasteiger partial charge in [-0.2, -0.15) is 0 Å². The number of carboxylic acid groups (broad SMARTS) is 2. The van der Waals surface area contributed by atoms with Crippen molar-refractivity contribution >= 4 is 17.8 Å². The summed E-state index contributed by atoms with van der Waals surface area (Å²) in [6, 6.07) is 4.08. The molecule has 0 spiro atoms. The van der Waals surface area contributed by atoms with Gasteiger partial charge in [-0.3, -0.25) is 4.79 Å². The number of carbonyl (C=O) groups excluding carboxylic acids is 1. The number of aliphatic hydroxyl groups is 3. The van der Waals surface area contributed by atoms with Gasteiger partial charge in [0.25, 0.3) is 0 Å². The van der Waals surface area contributed by atoms with Crippen molar-refractivity contribution in [2.45, 2.75) is 37.4 Å². The van der Waals surface area contributed by atoms with Gasteiger partial charge >= 0.3 is 11.9 Å². The second kappa shape index (κ2) is 9.37. The van der Waals surface area contributed by atoms with Gasteiger partial charge in [0.1, 0.15) is 30.7 Å². The normalized spacial score (nSPS) is 23.2. The number of benzene rings is 1. The number of rotatable bonds is 8. The number of aromatic carboxylic acids is 1. The second-order valence-corrected chi connectivity index (χ2v) is 6.33. The Morgan fingerprint density at radius 2 is 1.76 bits per heavy atom. The van der Waals surface area contributed by atoms with Crippen molar-refractivity contribution in [3.63, 3.8) is 0 Å². The van der Waals surface area contributed by atoms with Crippen molar-refractivity contribution in [1.82, 2.24) is 5.32 Å². The van der Waals surface area contributed by atoms with E-state index in [-0.39, 0.29) is 11.3 Å². The standard InChI is InChI=1S/C18H21NO10/c1-8(20)19-14-11(21)6-13(18(26)27)29-16(14)15(23)12(22)7-28-10-4-2-9(3-5-10)17(24)25/h2-6,11-12,14-16,21-23H,7H2,1H3,(H,19,20)(H,24,25)(H,26,27)/t11-,12+,14+,15+,16+/m0/s1. The molecule has 11 heteroatoms. The minimum absolute atomic E-state index is 0.0358. The monoisotopic (exact) mass is 411 g/mol. The number of amides is 1. The Labute approximate surface area is 164 Å². The molecule has 29 heavy (non-hydrogen) atoms. The summed E-state index contributed by atoms with van der Waals surface area (Å²) in [5.41, 5.74) is 0.0358. The lowest BCUT2D eigenvalue weighted by molar-refractivity contribution is -0.149. The van der Waals surface area contributed by atoms with Crippen LogP contribution in [0, 0.1) is 0 Å². The lowest BCUT2D eigenvalue weighted by Crippen LogP contribution is -2.60. The van der Waals surface area contributed by atoms with Crippen molar-refractivity contribution in [3.05, 3.63) is 41.7 Å². The number of carbonyl (C=O) groups is 3.